The molecule has 2 aromatic rings. The van der Waals surface area contributed by atoms with Crippen molar-refractivity contribution in [3.63, 3.8) is 0 Å². The first-order valence-electron chi connectivity index (χ1n) is 21.2. The predicted octanol–water partition coefficient (Wildman–Crippen LogP) is 4.47. The summed E-state index contributed by atoms with van der Waals surface area (Å²) in [6.07, 6.45) is -8.52. The lowest BCUT2D eigenvalue weighted by Gasteiger charge is -2.67. The molecular formula is C47H62N2O13. The van der Waals surface area contributed by atoms with E-state index in [4.69, 9.17) is 23.7 Å². The molecule has 3 aliphatic carbocycles. The third-order valence-corrected chi connectivity index (χ3v) is 13.6. The van der Waals surface area contributed by atoms with Crippen LogP contribution < -0.4 is 5.32 Å². The third-order valence-electron chi connectivity index (χ3n) is 13.6. The lowest BCUT2D eigenvalue weighted by Crippen LogP contribution is -2.81. The lowest BCUT2D eigenvalue weighted by molar-refractivity contribution is -0.345. The van der Waals surface area contributed by atoms with Crippen molar-refractivity contribution >= 4 is 29.8 Å². The highest BCUT2D eigenvalue weighted by molar-refractivity contribution is 5.93. The Bertz CT molecular complexity index is 2070. The number of Topliss-reactive ketones (excluding diaryl/α,β-unsaturated/α-hetero) is 1. The molecule has 2 bridgehead atoms. The molecule has 15 nitrogen and oxygen atoms in total. The molecule has 0 aromatic heterocycles. The smallest absolute Gasteiger partial charge is 0.408 e. The number of alkyl carbamates (subject to hydrolysis) is 1. The van der Waals surface area contributed by atoms with Gasteiger partial charge in [0.2, 0.25) is 0 Å². The minimum absolute atomic E-state index is 0.0797. The number of amides is 1. The molecule has 15 heteroatoms. The standard InChI is InChI=1S/C47H62N2O13/c1-26-31(59-41(55)36(52)35(28-17-13-11-14-18-28)48-42(56)62-43(3,4)5)24-47(57)39(60-40(54)29-19-15-12-16-20-29)37-45(8,32(51)23-33-46(37,25-58-33)61-27(2)50)38(53)30(21-22-49(9)10)34(26)44(47,6)7/h11-20,30-33,35-37,39,51-52,57H,21-25H2,1-10H3,(H,48,56)/t30-,31+,32+,33-,35+,36-,37+,39+,45-,46+,47-/m1/s1. The summed E-state index contributed by atoms with van der Waals surface area (Å²) < 4.78 is 30.3. The van der Waals surface area contributed by atoms with E-state index in [0.29, 0.717) is 23.3 Å². The van der Waals surface area contributed by atoms with Gasteiger partial charge in [0, 0.05) is 31.1 Å². The van der Waals surface area contributed by atoms with E-state index in [2.05, 4.69) is 5.32 Å². The van der Waals surface area contributed by atoms with Gasteiger partial charge in [-0.2, -0.15) is 0 Å². The number of benzene rings is 2. The molecule has 2 aromatic carbocycles. The van der Waals surface area contributed by atoms with Gasteiger partial charge in [0.1, 0.15) is 35.3 Å². The first-order valence-corrected chi connectivity index (χ1v) is 21.2. The summed E-state index contributed by atoms with van der Waals surface area (Å²) in [6.45, 7) is 13.2. The number of ketones is 1. The molecule has 4 N–H and O–H groups in total. The van der Waals surface area contributed by atoms with Crippen molar-refractivity contribution in [3.05, 3.63) is 82.9 Å². The van der Waals surface area contributed by atoms with Gasteiger partial charge in [-0.05, 0) is 90.5 Å². The summed E-state index contributed by atoms with van der Waals surface area (Å²) in [5, 5.41) is 40.4. The maximum Gasteiger partial charge on any atom is 0.408 e. The molecule has 1 heterocycles. The number of aliphatic hydroxyl groups is 3. The normalized spacial score (nSPS) is 32.4. The van der Waals surface area contributed by atoms with Gasteiger partial charge in [0.15, 0.2) is 11.7 Å². The first kappa shape index (κ1) is 46.8. The van der Waals surface area contributed by atoms with Gasteiger partial charge < -0.3 is 49.2 Å². The average molecular weight is 863 g/mol. The summed E-state index contributed by atoms with van der Waals surface area (Å²) >= 11 is 0. The second-order valence-electron chi connectivity index (χ2n) is 19.3. The van der Waals surface area contributed by atoms with Gasteiger partial charge in [0.25, 0.3) is 0 Å². The fourth-order valence-electron chi connectivity index (χ4n) is 10.5. The van der Waals surface area contributed by atoms with Gasteiger partial charge in [-0.25, -0.2) is 14.4 Å². The van der Waals surface area contributed by atoms with Crippen LogP contribution in [-0.2, 0) is 38.1 Å². The van der Waals surface area contributed by atoms with Crippen molar-refractivity contribution in [2.75, 3.05) is 27.2 Å². The van der Waals surface area contributed by atoms with E-state index in [1.165, 1.54) is 19.1 Å². The Morgan fingerprint density at radius 3 is 2.15 bits per heavy atom. The zero-order valence-corrected chi connectivity index (χ0v) is 37.3. The summed E-state index contributed by atoms with van der Waals surface area (Å²) in [5.41, 5.74) is -6.62. The molecule has 0 unspecified atom stereocenters. The largest absolute Gasteiger partial charge is 0.456 e. The van der Waals surface area contributed by atoms with Crippen LogP contribution in [0, 0.1) is 22.7 Å². The number of hydrogen-bond donors (Lipinski definition) is 4. The Hall–Kier alpha value is -4.67. The van der Waals surface area contributed by atoms with Gasteiger partial charge >= 0.3 is 24.0 Å². The molecule has 1 amide bonds. The van der Waals surface area contributed by atoms with E-state index in [1.807, 2.05) is 19.0 Å². The fourth-order valence-corrected chi connectivity index (χ4v) is 10.5. The average Bonchev–Trinajstić information content (AvgIpc) is 3.19. The molecule has 3 fully saturated rings. The minimum Gasteiger partial charge on any atom is -0.456 e. The highest BCUT2D eigenvalue weighted by Crippen LogP contribution is 2.65. The molecule has 62 heavy (non-hydrogen) atoms. The second kappa shape index (κ2) is 17.1. The molecule has 1 saturated heterocycles. The number of fused-ring (bicyclic) bond motifs is 5. The molecule has 4 aliphatic rings. The van der Waals surface area contributed by atoms with Crippen LogP contribution in [0.3, 0.4) is 0 Å². The lowest BCUT2D eigenvalue weighted by atomic mass is 9.43. The first-order chi connectivity index (χ1) is 28.9. The van der Waals surface area contributed by atoms with Gasteiger partial charge in [-0.15, -0.1) is 0 Å². The maximum atomic E-state index is 15.8. The Kier molecular flexibility index (Phi) is 12.9. The number of rotatable bonds is 11. The van der Waals surface area contributed by atoms with Gasteiger partial charge in [-0.1, -0.05) is 62.4 Å². The highest BCUT2D eigenvalue weighted by atomic mass is 16.6. The molecular weight excluding hydrogens is 801 g/mol. The fraction of sp³-hybridized carbons (Fsp3) is 0.596. The monoisotopic (exact) mass is 862 g/mol. The van der Waals surface area contributed by atoms with Crippen molar-refractivity contribution in [2.24, 2.45) is 22.7 Å². The van der Waals surface area contributed by atoms with Crippen molar-refractivity contribution < 1.29 is 63.0 Å². The predicted molar refractivity (Wildman–Crippen MR) is 224 cm³/mol. The number of nitrogens with one attached hydrogen (secondary N) is 1. The van der Waals surface area contributed by atoms with Crippen LogP contribution >= 0.6 is 0 Å². The maximum absolute atomic E-state index is 15.8. The van der Waals surface area contributed by atoms with Crippen LogP contribution in [0.1, 0.15) is 96.6 Å². The topological polar surface area (TPSA) is 207 Å². The Morgan fingerprint density at radius 2 is 1.60 bits per heavy atom. The molecule has 11 atom stereocenters. The molecule has 0 spiro atoms. The minimum atomic E-state index is -2.22. The molecule has 6 rings (SSSR count). The highest BCUT2D eigenvalue weighted by Gasteiger charge is 2.78. The van der Waals surface area contributed by atoms with E-state index in [1.54, 1.807) is 97.0 Å². The molecule has 2 saturated carbocycles. The number of ether oxygens (including phenoxy) is 5. The van der Waals surface area contributed by atoms with Crippen LogP contribution in [0.25, 0.3) is 0 Å². The number of esters is 3. The second-order valence-corrected chi connectivity index (χ2v) is 19.3. The number of nitrogens with zero attached hydrogens (tertiary/aromatic N) is 1. The SMILES string of the molecule is CC(=O)O[C@@]12CO[C@@H]1C[C@H](O)[C@@]1(C)C(=O)[C@H](CCN(C)C)C3=C(C)[C@@H](OC(=O)[C@H](O)[C@@H](NC(=O)OC(C)(C)C)c4ccccc4)C[C@@](O)([C@@H](OC(=O)c4ccccc4)[C@H]21)C3(C)C. The number of hydrogen-bond acceptors (Lipinski definition) is 14. The summed E-state index contributed by atoms with van der Waals surface area (Å²) in [4.78, 5) is 72.5. The molecule has 0 radical (unpaired) electrons. The van der Waals surface area contributed by atoms with E-state index < -0.39 is 112 Å². The Balaban J connectivity index is 1.54. The van der Waals surface area contributed by atoms with E-state index in [9.17, 15) is 34.5 Å². The Labute approximate surface area is 363 Å². The summed E-state index contributed by atoms with van der Waals surface area (Å²) in [7, 11) is 3.70. The van der Waals surface area contributed by atoms with E-state index >= 15 is 4.79 Å². The van der Waals surface area contributed by atoms with Crippen molar-refractivity contribution in [1.82, 2.24) is 10.2 Å². The third kappa shape index (κ3) is 8.29. The van der Waals surface area contributed by atoms with Crippen LogP contribution in [-0.4, -0.2) is 125 Å². The summed E-state index contributed by atoms with van der Waals surface area (Å²) in [6, 6.07) is 15.1. The van der Waals surface area contributed by atoms with Crippen LogP contribution in [0.4, 0.5) is 4.79 Å². The quantitative estimate of drug-likeness (QED) is 0.140. The van der Waals surface area contributed by atoms with Crippen molar-refractivity contribution in [3.8, 4) is 0 Å². The van der Waals surface area contributed by atoms with E-state index in [-0.39, 0.29) is 25.0 Å². The summed E-state index contributed by atoms with van der Waals surface area (Å²) in [5.74, 6) is -5.54. The van der Waals surface area contributed by atoms with Crippen LogP contribution in [0.5, 0.6) is 0 Å². The zero-order valence-electron chi connectivity index (χ0n) is 37.3. The Morgan fingerprint density at radius 1 is 0.984 bits per heavy atom. The zero-order chi connectivity index (χ0) is 45.7. The van der Waals surface area contributed by atoms with Crippen LogP contribution in [0.2, 0.25) is 0 Å². The van der Waals surface area contributed by atoms with Crippen molar-refractivity contribution in [1.29, 1.82) is 0 Å². The molecule has 338 valence electrons. The number of carbonyl (C=O) groups excluding carboxylic acids is 5. The number of aliphatic hydroxyl groups excluding tert-OH is 2. The van der Waals surface area contributed by atoms with Gasteiger partial charge in [-0.3, -0.25) is 9.59 Å². The molecule has 1 aliphatic heterocycles. The van der Waals surface area contributed by atoms with Crippen LogP contribution in [0.15, 0.2) is 71.8 Å². The van der Waals surface area contributed by atoms with Gasteiger partial charge in [0.05, 0.1) is 35.6 Å². The number of carbonyl (C=O) groups is 5. The van der Waals surface area contributed by atoms with E-state index in [0.717, 1.165) is 0 Å². The van der Waals surface area contributed by atoms with Crippen molar-refractivity contribution in [2.45, 2.75) is 128 Å².